The monoisotopic (exact) mass is 334 g/mol. The molecule has 0 aliphatic heterocycles. The van der Waals surface area contributed by atoms with E-state index in [0.29, 0.717) is 17.1 Å². The summed E-state index contributed by atoms with van der Waals surface area (Å²) in [5.41, 5.74) is 2.95. The molecule has 1 aliphatic carbocycles. The van der Waals surface area contributed by atoms with Crippen LogP contribution in [0.5, 0.6) is 11.5 Å². The van der Waals surface area contributed by atoms with E-state index < -0.39 is 0 Å². The summed E-state index contributed by atoms with van der Waals surface area (Å²) in [6.45, 7) is 0. The van der Waals surface area contributed by atoms with Crippen molar-refractivity contribution in [3.8, 4) is 11.5 Å². The van der Waals surface area contributed by atoms with Gasteiger partial charge in [-0.25, -0.2) is 0 Å². The molecule has 6 heteroatoms. The molecule has 2 aromatic heterocycles. The summed E-state index contributed by atoms with van der Waals surface area (Å²) in [6.07, 6.45) is 7.80. The van der Waals surface area contributed by atoms with Crippen molar-refractivity contribution in [2.75, 3.05) is 0 Å². The Labute approximate surface area is 145 Å². The summed E-state index contributed by atoms with van der Waals surface area (Å²) in [6, 6.07) is 10.9. The van der Waals surface area contributed by atoms with Gasteiger partial charge in [0, 0.05) is 29.7 Å². The minimum absolute atomic E-state index is 0.0860. The van der Waals surface area contributed by atoms with Gasteiger partial charge in [-0.1, -0.05) is 6.07 Å². The molecule has 1 aromatic carbocycles. The van der Waals surface area contributed by atoms with Crippen molar-refractivity contribution >= 4 is 5.91 Å². The first-order valence-electron chi connectivity index (χ1n) is 8.28. The Hall–Kier alpha value is -3.15. The lowest BCUT2D eigenvalue weighted by Gasteiger charge is -2.22. The molecule has 2 N–H and O–H groups in total. The number of ether oxygens (including phenoxy) is 1. The Bertz CT molecular complexity index is 876. The average Bonchev–Trinajstić information content (AvgIpc) is 3.10. The number of aryl methyl sites for hydroxylation is 1. The Morgan fingerprint density at radius 1 is 1.20 bits per heavy atom. The van der Waals surface area contributed by atoms with Crippen LogP contribution in [-0.2, 0) is 12.8 Å². The first-order valence-corrected chi connectivity index (χ1v) is 8.28. The topological polar surface area (TPSA) is 79.9 Å². The molecule has 0 radical (unpaired) electrons. The Kier molecular flexibility index (Phi) is 4.16. The van der Waals surface area contributed by atoms with Gasteiger partial charge in [0.25, 0.3) is 5.91 Å². The molecule has 25 heavy (non-hydrogen) atoms. The van der Waals surface area contributed by atoms with Gasteiger partial charge in [0.05, 0.1) is 6.20 Å². The molecular weight excluding hydrogens is 316 g/mol. The molecule has 6 nitrogen and oxygen atoms in total. The number of benzene rings is 1. The molecule has 1 aliphatic rings. The molecule has 1 atom stereocenters. The van der Waals surface area contributed by atoms with Gasteiger partial charge in [0.15, 0.2) is 0 Å². The molecule has 0 fully saturated rings. The minimum atomic E-state index is -0.0860. The first-order chi connectivity index (χ1) is 12.3. The number of nitrogens with zero attached hydrogens (tertiary/aromatic N) is 2. The fourth-order valence-electron chi connectivity index (χ4n) is 3.05. The smallest absolute Gasteiger partial charge is 0.251 e. The highest BCUT2D eigenvalue weighted by Crippen LogP contribution is 2.22. The van der Waals surface area contributed by atoms with E-state index in [-0.39, 0.29) is 11.9 Å². The number of pyridine rings is 1. The van der Waals surface area contributed by atoms with Crippen LogP contribution in [-0.4, -0.2) is 27.1 Å². The third-order valence-corrected chi connectivity index (χ3v) is 4.33. The molecule has 3 aromatic rings. The number of H-pyrrole nitrogens is 1. The van der Waals surface area contributed by atoms with Crippen molar-refractivity contribution in [1.82, 2.24) is 20.5 Å². The van der Waals surface area contributed by atoms with E-state index in [1.54, 1.807) is 36.7 Å². The highest BCUT2D eigenvalue weighted by Gasteiger charge is 2.22. The maximum atomic E-state index is 12.6. The third-order valence-electron chi connectivity index (χ3n) is 4.33. The number of rotatable bonds is 4. The molecule has 0 bridgehead atoms. The van der Waals surface area contributed by atoms with Crippen LogP contribution in [0.25, 0.3) is 0 Å². The third kappa shape index (κ3) is 3.52. The highest BCUT2D eigenvalue weighted by molar-refractivity contribution is 5.94. The number of hydrogen-bond acceptors (Lipinski definition) is 4. The van der Waals surface area contributed by atoms with Crippen molar-refractivity contribution in [2.45, 2.75) is 25.3 Å². The van der Waals surface area contributed by atoms with Gasteiger partial charge < -0.3 is 10.1 Å². The highest BCUT2D eigenvalue weighted by atomic mass is 16.5. The van der Waals surface area contributed by atoms with Gasteiger partial charge in [0.2, 0.25) is 0 Å². The van der Waals surface area contributed by atoms with Crippen molar-refractivity contribution in [2.24, 2.45) is 0 Å². The van der Waals surface area contributed by atoms with Gasteiger partial charge in [-0.15, -0.1) is 0 Å². The number of aromatic nitrogens is 3. The van der Waals surface area contributed by atoms with Gasteiger partial charge >= 0.3 is 0 Å². The number of fused-ring (bicyclic) bond motifs is 1. The summed E-state index contributed by atoms with van der Waals surface area (Å²) in [5, 5.41) is 10.2. The quantitative estimate of drug-likeness (QED) is 0.769. The second-order valence-corrected chi connectivity index (χ2v) is 6.10. The Balaban J connectivity index is 1.43. The van der Waals surface area contributed by atoms with Crippen LogP contribution in [0.15, 0.2) is 55.0 Å². The SMILES string of the molecule is O=C(NC1CCc2[nH]ncc2C1)c1cccc(Oc2ccncc2)c1. The number of aromatic amines is 1. The predicted octanol–water partition coefficient (Wildman–Crippen LogP) is 2.88. The molecule has 1 amide bonds. The summed E-state index contributed by atoms with van der Waals surface area (Å²) in [4.78, 5) is 16.5. The number of amides is 1. The van der Waals surface area contributed by atoms with Crippen LogP contribution in [0.3, 0.4) is 0 Å². The minimum Gasteiger partial charge on any atom is -0.457 e. The molecular formula is C19H18N4O2. The fraction of sp³-hybridized carbons (Fsp3) is 0.211. The van der Waals surface area contributed by atoms with Crippen LogP contribution < -0.4 is 10.1 Å². The largest absolute Gasteiger partial charge is 0.457 e. The zero-order valence-electron chi connectivity index (χ0n) is 13.6. The van der Waals surface area contributed by atoms with E-state index >= 15 is 0 Å². The lowest BCUT2D eigenvalue weighted by Crippen LogP contribution is -2.38. The molecule has 0 saturated carbocycles. The van der Waals surface area contributed by atoms with E-state index in [9.17, 15) is 4.79 Å². The van der Waals surface area contributed by atoms with Crippen LogP contribution >= 0.6 is 0 Å². The first kappa shape index (κ1) is 15.4. The standard InChI is InChI=1S/C19H18N4O2/c24-19(22-15-4-5-18-14(10-15)12-21-23-18)13-2-1-3-17(11-13)25-16-6-8-20-9-7-16/h1-3,6-9,11-12,15H,4-5,10H2,(H,21,23)(H,22,24). The van der Waals surface area contributed by atoms with Gasteiger partial charge in [0.1, 0.15) is 11.5 Å². The number of carbonyl (C=O) groups excluding carboxylic acids is 1. The van der Waals surface area contributed by atoms with Crippen molar-refractivity contribution in [3.63, 3.8) is 0 Å². The Morgan fingerprint density at radius 3 is 2.96 bits per heavy atom. The van der Waals surface area contributed by atoms with Crippen LogP contribution in [0, 0.1) is 0 Å². The van der Waals surface area contributed by atoms with E-state index in [4.69, 9.17) is 4.74 Å². The van der Waals surface area contributed by atoms with E-state index in [2.05, 4.69) is 20.5 Å². The molecule has 1 unspecified atom stereocenters. The predicted molar refractivity (Wildman–Crippen MR) is 92.6 cm³/mol. The number of carbonyl (C=O) groups is 1. The summed E-state index contributed by atoms with van der Waals surface area (Å²) < 4.78 is 5.76. The second-order valence-electron chi connectivity index (χ2n) is 6.10. The molecule has 0 spiro atoms. The lowest BCUT2D eigenvalue weighted by atomic mass is 9.93. The average molecular weight is 334 g/mol. The number of nitrogens with one attached hydrogen (secondary N) is 2. The molecule has 0 saturated heterocycles. The lowest BCUT2D eigenvalue weighted by molar-refractivity contribution is 0.0933. The second kappa shape index (κ2) is 6.76. The van der Waals surface area contributed by atoms with Gasteiger partial charge in [-0.3, -0.25) is 14.9 Å². The van der Waals surface area contributed by atoms with Crippen LogP contribution in [0.1, 0.15) is 28.0 Å². The molecule has 2 heterocycles. The van der Waals surface area contributed by atoms with E-state index in [1.807, 2.05) is 18.3 Å². The maximum Gasteiger partial charge on any atom is 0.251 e. The van der Waals surface area contributed by atoms with Crippen LogP contribution in [0.2, 0.25) is 0 Å². The van der Waals surface area contributed by atoms with Crippen LogP contribution in [0.4, 0.5) is 0 Å². The summed E-state index contributed by atoms with van der Waals surface area (Å²) in [7, 11) is 0. The molecule has 126 valence electrons. The van der Waals surface area contributed by atoms with Crippen molar-refractivity contribution in [1.29, 1.82) is 0 Å². The van der Waals surface area contributed by atoms with Gasteiger partial charge in [-0.05, 0) is 55.2 Å². The maximum absolute atomic E-state index is 12.6. The zero-order chi connectivity index (χ0) is 17.1. The summed E-state index contributed by atoms with van der Waals surface area (Å²) >= 11 is 0. The van der Waals surface area contributed by atoms with Crippen molar-refractivity contribution in [3.05, 3.63) is 71.8 Å². The number of hydrogen-bond donors (Lipinski definition) is 2. The Morgan fingerprint density at radius 2 is 2.08 bits per heavy atom. The fourth-order valence-corrected chi connectivity index (χ4v) is 3.05. The van der Waals surface area contributed by atoms with Gasteiger partial charge in [-0.2, -0.15) is 5.10 Å². The summed E-state index contributed by atoms with van der Waals surface area (Å²) in [5.74, 6) is 1.23. The van der Waals surface area contributed by atoms with E-state index in [1.165, 1.54) is 11.3 Å². The van der Waals surface area contributed by atoms with Crippen molar-refractivity contribution < 1.29 is 9.53 Å². The normalized spacial score (nSPS) is 16.1. The molecule has 4 rings (SSSR count). The van der Waals surface area contributed by atoms with E-state index in [0.717, 1.165) is 19.3 Å². The zero-order valence-corrected chi connectivity index (χ0v) is 13.6.